The van der Waals surface area contributed by atoms with Crippen molar-refractivity contribution in [3.05, 3.63) is 123 Å². The lowest BCUT2D eigenvalue weighted by Crippen LogP contribution is -2.51. The van der Waals surface area contributed by atoms with Crippen LogP contribution in [-0.4, -0.2) is 31.4 Å². The molecule has 456 valence electrons. The van der Waals surface area contributed by atoms with Crippen LogP contribution >= 0.6 is 0 Å². The second-order valence-electron chi connectivity index (χ2n) is 18.6. The van der Waals surface area contributed by atoms with Crippen molar-refractivity contribution in [3.8, 4) is 17.2 Å². The van der Waals surface area contributed by atoms with Crippen LogP contribution < -0.4 is 14.0 Å². The first-order chi connectivity index (χ1) is 37.0. The quantitative estimate of drug-likeness (QED) is 0.0244. The molecule has 0 amide bonds. The Bertz CT molecular complexity index is 2410. The Morgan fingerprint density at radius 2 is 0.679 bits per heavy atom. The number of alkyl halides is 24. The van der Waals surface area contributed by atoms with E-state index in [4.69, 9.17) is 14.0 Å². The first kappa shape index (κ1) is 69.9. The number of hydrogen-bond acceptors (Lipinski definition) is 3. The molecule has 0 N–H and O–H groups in total. The van der Waals surface area contributed by atoms with Crippen LogP contribution in [0.3, 0.4) is 0 Å². The van der Waals surface area contributed by atoms with Gasteiger partial charge < -0.3 is 18.4 Å². The van der Waals surface area contributed by atoms with Crippen molar-refractivity contribution in [2.24, 2.45) is 0 Å². The highest BCUT2D eigenvalue weighted by Gasteiger charge is 2.48. The van der Waals surface area contributed by atoms with Crippen LogP contribution in [0.25, 0.3) is 0 Å². The summed E-state index contributed by atoms with van der Waals surface area (Å²) in [5, 5.41) is 0. The number of quaternary nitrogens is 1. The minimum atomic E-state index is -5.64. The number of nitrogens with zero attached hydrogens (tertiary/aromatic N) is 1. The fourth-order valence-electron chi connectivity index (χ4n) is 8.68. The molecular formula is C52H54BF24NO3. The molecule has 0 heterocycles. The number of hydrogen-bond donors (Lipinski definition) is 0. The smallest absolute Gasteiger partial charge is 0.490 e. The SMILES string of the molecule is CCCCCCCCCCCCCC(c1c(OB(Oc2cc(C(F)(F)F)cc(C(F)(F)F)c2)Oc2cc(C(F)(F)F)cc(C(F)(F)F)c2)cc(C(F)(F)F)cc1C(F)(F)F)[N+](CC)(CC)CC.FC(F)(F)c1c[c-]cc(C(F)(F)F)c1. The van der Waals surface area contributed by atoms with E-state index in [1.807, 2.05) is 0 Å². The number of halogens is 24. The number of rotatable bonds is 23. The van der Waals surface area contributed by atoms with Gasteiger partial charge in [0.15, 0.2) is 0 Å². The third-order valence-electron chi connectivity index (χ3n) is 13.0. The lowest BCUT2D eigenvalue weighted by atomic mass is 9.89. The predicted molar refractivity (Wildman–Crippen MR) is 248 cm³/mol. The summed E-state index contributed by atoms with van der Waals surface area (Å²) in [6, 6.07) is -0.231. The van der Waals surface area contributed by atoms with Gasteiger partial charge in [0, 0.05) is 6.42 Å². The summed E-state index contributed by atoms with van der Waals surface area (Å²) < 4.78 is 343. The molecule has 81 heavy (non-hydrogen) atoms. The molecule has 0 spiro atoms. The third-order valence-corrected chi connectivity index (χ3v) is 13.0. The summed E-state index contributed by atoms with van der Waals surface area (Å²) in [6.07, 6.45) is -34.2. The van der Waals surface area contributed by atoms with Gasteiger partial charge in [0.2, 0.25) is 0 Å². The number of unbranched alkanes of at least 4 members (excludes halogenated alkanes) is 10. The van der Waals surface area contributed by atoms with Gasteiger partial charge >= 0.3 is 56.7 Å². The summed E-state index contributed by atoms with van der Waals surface area (Å²) in [5.74, 6) is -4.58. The molecule has 4 aromatic rings. The minimum Gasteiger partial charge on any atom is -0.490 e. The molecule has 0 aliphatic carbocycles. The van der Waals surface area contributed by atoms with Gasteiger partial charge in [-0.25, -0.2) is 0 Å². The fraction of sp³-hybridized carbons (Fsp3) is 0.538. The maximum absolute atomic E-state index is 15.3. The van der Waals surface area contributed by atoms with Gasteiger partial charge in [0.05, 0.1) is 58.6 Å². The Labute approximate surface area is 450 Å². The van der Waals surface area contributed by atoms with Crippen LogP contribution in [0.2, 0.25) is 0 Å². The molecule has 0 radical (unpaired) electrons. The molecule has 1 unspecified atom stereocenters. The van der Waals surface area contributed by atoms with E-state index in [0.717, 1.165) is 51.4 Å². The van der Waals surface area contributed by atoms with E-state index in [1.165, 1.54) is 0 Å². The molecule has 0 aromatic heterocycles. The summed E-state index contributed by atoms with van der Waals surface area (Å²) in [4.78, 5) is 0. The Morgan fingerprint density at radius 3 is 0.988 bits per heavy atom. The summed E-state index contributed by atoms with van der Waals surface area (Å²) in [5.41, 5.74) is -16.1. The molecule has 29 heteroatoms. The van der Waals surface area contributed by atoms with E-state index in [-0.39, 0.29) is 79.4 Å². The summed E-state index contributed by atoms with van der Waals surface area (Å²) >= 11 is 0. The van der Waals surface area contributed by atoms with Crippen LogP contribution in [0.5, 0.6) is 17.2 Å². The van der Waals surface area contributed by atoms with Gasteiger partial charge in [-0.2, -0.15) is 124 Å². The Hall–Kier alpha value is -5.38. The van der Waals surface area contributed by atoms with Crippen LogP contribution in [0, 0.1) is 6.07 Å². The van der Waals surface area contributed by atoms with Crippen molar-refractivity contribution < 1.29 is 124 Å². The number of benzene rings is 4. The topological polar surface area (TPSA) is 27.7 Å². The van der Waals surface area contributed by atoms with Crippen molar-refractivity contribution in [3.63, 3.8) is 0 Å². The van der Waals surface area contributed by atoms with Crippen molar-refractivity contribution in [1.82, 2.24) is 0 Å². The van der Waals surface area contributed by atoms with Crippen molar-refractivity contribution >= 4 is 7.32 Å². The van der Waals surface area contributed by atoms with Crippen molar-refractivity contribution in [1.29, 1.82) is 0 Å². The van der Waals surface area contributed by atoms with E-state index in [1.54, 1.807) is 26.8 Å². The van der Waals surface area contributed by atoms with Crippen molar-refractivity contribution in [2.45, 2.75) is 160 Å². The van der Waals surface area contributed by atoms with Crippen LogP contribution in [0.1, 0.15) is 161 Å². The molecule has 1 atom stereocenters. The first-order valence-electron chi connectivity index (χ1n) is 24.9. The fourth-order valence-corrected chi connectivity index (χ4v) is 8.68. The van der Waals surface area contributed by atoms with Gasteiger partial charge in [-0.1, -0.05) is 82.3 Å². The van der Waals surface area contributed by atoms with Gasteiger partial charge in [0.1, 0.15) is 23.3 Å². The standard InChI is InChI=1S/C44H51BF18NO3.C8H3F6/c1-5-9-10-11-12-13-14-15-16-17-18-19-36(64(6-2,7-3)8-4)38-35(44(61,62)63)26-32(43(58,59)60)27-37(38)67-45(65-33-22-28(39(46,47)48)20-29(23-33)40(49,50)51)66-34-24-30(41(52,53)54)21-31(25-34)42(55,56)57;9-7(10,11)5-2-1-3-6(4-5)8(12,13)14/h20-27,36H,5-19H2,1-4H3;2-4H/q+1;-1. The maximum atomic E-state index is 15.3. The average molecular weight is 1210 g/mol. The molecule has 4 rings (SSSR count). The van der Waals surface area contributed by atoms with Crippen LogP contribution in [0.15, 0.2) is 66.7 Å². The van der Waals surface area contributed by atoms with Gasteiger partial charge in [-0.05, 0) is 75.7 Å². The second-order valence-corrected chi connectivity index (χ2v) is 18.6. The summed E-state index contributed by atoms with van der Waals surface area (Å²) in [6.45, 7) is 6.92. The average Bonchev–Trinajstić information content (AvgIpc) is 3.33. The van der Waals surface area contributed by atoms with E-state index >= 15 is 13.2 Å². The molecular weight excluding hydrogens is 1150 g/mol. The van der Waals surface area contributed by atoms with Gasteiger partial charge in [-0.15, -0.1) is 6.07 Å². The zero-order valence-corrected chi connectivity index (χ0v) is 43.4. The molecule has 4 nitrogen and oxygen atoms in total. The highest BCUT2D eigenvalue weighted by atomic mass is 19.4. The van der Waals surface area contributed by atoms with Gasteiger partial charge in [0.25, 0.3) is 0 Å². The Balaban J connectivity index is 0.00000107. The monoisotopic (exact) mass is 1210 g/mol. The van der Waals surface area contributed by atoms with Crippen LogP contribution in [0.4, 0.5) is 105 Å². The Kier molecular flexibility index (Phi) is 24.0. The Morgan fingerprint density at radius 1 is 0.370 bits per heavy atom. The molecule has 0 fully saturated rings. The lowest BCUT2D eigenvalue weighted by molar-refractivity contribution is -0.953. The third kappa shape index (κ3) is 21.1. The molecule has 0 saturated heterocycles. The zero-order chi connectivity index (χ0) is 61.8. The molecule has 0 aliphatic rings. The van der Waals surface area contributed by atoms with E-state index in [0.29, 0.717) is 25.0 Å². The van der Waals surface area contributed by atoms with E-state index < -0.39 is 142 Å². The predicted octanol–water partition coefficient (Wildman–Crippen LogP) is 20.5. The highest BCUT2D eigenvalue weighted by molar-refractivity contribution is 6.39. The molecule has 0 saturated carbocycles. The lowest BCUT2D eigenvalue weighted by Gasteiger charge is -2.44. The van der Waals surface area contributed by atoms with Gasteiger partial charge in [-0.3, -0.25) is 0 Å². The molecule has 4 aromatic carbocycles. The van der Waals surface area contributed by atoms with E-state index in [2.05, 4.69) is 6.92 Å². The largest absolute Gasteiger partial charge is 0.864 e. The first-order valence-corrected chi connectivity index (χ1v) is 24.9. The highest BCUT2D eigenvalue weighted by Crippen LogP contribution is 2.49. The normalized spacial score (nSPS) is 13.6. The zero-order valence-electron chi connectivity index (χ0n) is 43.4. The molecule has 0 bridgehead atoms. The second kappa shape index (κ2) is 27.8. The van der Waals surface area contributed by atoms with Crippen molar-refractivity contribution in [2.75, 3.05) is 19.6 Å². The molecule has 0 aliphatic heterocycles. The van der Waals surface area contributed by atoms with Crippen LogP contribution in [-0.2, 0) is 49.4 Å². The maximum Gasteiger partial charge on any atom is 0.864 e. The van der Waals surface area contributed by atoms with E-state index in [9.17, 15) is 92.2 Å². The summed E-state index contributed by atoms with van der Waals surface area (Å²) in [7, 11) is -3.27. The minimum absolute atomic E-state index is 0.00796.